The van der Waals surface area contributed by atoms with E-state index in [1.165, 1.54) is 11.1 Å². The third kappa shape index (κ3) is 3.54. The summed E-state index contributed by atoms with van der Waals surface area (Å²) in [6, 6.07) is 3.34. The van der Waals surface area contributed by atoms with Gasteiger partial charge in [-0.2, -0.15) is 0 Å². The lowest BCUT2D eigenvalue weighted by atomic mass is 10.1. The normalized spacial score (nSPS) is 15.8. The molecular weight excluding hydrogens is 260 g/mol. The van der Waals surface area contributed by atoms with Crippen LogP contribution in [0.5, 0.6) is 0 Å². The zero-order valence-corrected chi connectivity index (χ0v) is 11.4. The lowest BCUT2D eigenvalue weighted by Gasteiger charge is -2.33. The van der Waals surface area contributed by atoms with Crippen LogP contribution in [0.1, 0.15) is 28.9 Å². The van der Waals surface area contributed by atoms with Gasteiger partial charge < -0.3 is 14.7 Å². The van der Waals surface area contributed by atoms with E-state index in [0.29, 0.717) is 31.6 Å². The number of amides is 1. The van der Waals surface area contributed by atoms with Crippen molar-refractivity contribution >= 4 is 11.9 Å². The molecule has 0 aromatic carbocycles. The van der Waals surface area contributed by atoms with E-state index in [1.54, 1.807) is 12.1 Å². The van der Waals surface area contributed by atoms with Crippen LogP contribution in [0, 0.1) is 6.92 Å². The molecule has 1 aliphatic rings. The summed E-state index contributed by atoms with van der Waals surface area (Å²) < 4.78 is 5.26. The van der Waals surface area contributed by atoms with Crippen LogP contribution in [0.3, 0.4) is 0 Å². The Kier molecular flexibility index (Phi) is 4.68. The Balaban J connectivity index is 2.18. The Labute approximate surface area is 117 Å². The highest BCUT2D eigenvalue weighted by Gasteiger charge is 2.28. The number of aromatic nitrogens is 1. The van der Waals surface area contributed by atoms with Crippen molar-refractivity contribution in [2.75, 3.05) is 19.8 Å². The van der Waals surface area contributed by atoms with E-state index in [1.807, 2.05) is 6.92 Å². The van der Waals surface area contributed by atoms with Gasteiger partial charge in [0.2, 0.25) is 0 Å². The first-order chi connectivity index (χ1) is 9.58. The number of pyridine rings is 1. The fourth-order valence-corrected chi connectivity index (χ4v) is 2.27. The molecular formula is C14H18N2O4. The van der Waals surface area contributed by atoms with Gasteiger partial charge in [0, 0.05) is 31.1 Å². The summed E-state index contributed by atoms with van der Waals surface area (Å²) >= 11 is 0. The summed E-state index contributed by atoms with van der Waals surface area (Å²) in [5.41, 5.74) is 1.24. The minimum absolute atomic E-state index is 0.0892. The van der Waals surface area contributed by atoms with Gasteiger partial charge in [-0.25, -0.2) is 0 Å². The number of carbonyl (C=O) groups is 2. The fraction of sp³-hybridized carbons (Fsp3) is 0.500. The number of carbonyl (C=O) groups excluding carboxylic acids is 1. The minimum Gasteiger partial charge on any atom is -0.480 e. The van der Waals surface area contributed by atoms with E-state index in [-0.39, 0.29) is 18.5 Å². The predicted octanol–water partition coefficient (Wildman–Crippen LogP) is 1.10. The Bertz CT molecular complexity index is 480. The number of hydrogen-bond acceptors (Lipinski definition) is 4. The van der Waals surface area contributed by atoms with Gasteiger partial charge in [-0.05, 0) is 31.9 Å². The first-order valence-electron chi connectivity index (χ1n) is 6.61. The molecule has 0 spiro atoms. The second kappa shape index (κ2) is 6.47. The van der Waals surface area contributed by atoms with E-state index in [4.69, 9.17) is 9.84 Å². The van der Waals surface area contributed by atoms with Crippen molar-refractivity contribution in [3.05, 3.63) is 29.6 Å². The Morgan fingerprint density at radius 1 is 1.40 bits per heavy atom. The van der Waals surface area contributed by atoms with E-state index in [9.17, 15) is 9.59 Å². The molecule has 0 bridgehead atoms. The van der Waals surface area contributed by atoms with Crippen molar-refractivity contribution in [3.8, 4) is 0 Å². The second-order valence-corrected chi connectivity index (χ2v) is 4.86. The molecule has 0 aliphatic carbocycles. The average Bonchev–Trinajstić information content (AvgIpc) is 2.45. The molecule has 1 fully saturated rings. The van der Waals surface area contributed by atoms with Crippen molar-refractivity contribution < 1.29 is 19.4 Å². The smallest absolute Gasteiger partial charge is 0.323 e. The van der Waals surface area contributed by atoms with E-state index in [2.05, 4.69) is 4.98 Å². The molecule has 6 heteroatoms. The summed E-state index contributed by atoms with van der Waals surface area (Å²) in [6.07, 6.45) is 2.82. The molecule has 0 saturated carbocycles. The maximum Gasteiger partial charge on any atom is 0.323 e. The molecule has 2 rings (SSSR count). The first-order valence-corrected chi connectivity index (χ1v) is 6.61. The van der Waals surface area contributed by atoms with E-state index in [0.717, 1.165) is 5.69 Å². The third-order valence-electron chi connectivity index (χ3n) is 3.36. The van der Waals surface area contributed by atoms with Gasteiger partial charge in [0.1, 0.15) is 6.54 Å². The molecule has 1 aliphatic heterocycles. The molecule has 1 aromatic rings. The van der Waals surface area contributed by atoms with Crippen LogP contribution < -0.4 is 0 Å². The van der Waals surface area contributed by atoms with Gasteiger partial charge in [-0.3, -0.25) is 14.6 Å². The number of aryl methyl sites for hydroxylation is 1. The number of carboxylic acid groups (broad SMARTS) is 1. The van der Waals surface area contributed by atoms with Gasteiger partial charge in [0.25, 0.3) is 5.91 Å². The number of aliphatic carboxylic acids is 1. The number of carboxylic acids is 1. The summed E-state index contributed by atoms with van der Waals surface area (Å²) in [5.74, 6) is -1.29. The molecule has 0 unspecified atom stereocenters. The van der Waals surface area contributed by atoms with Crippen molar-refractivity contribution in [1.82, 2.24) is 9.88 Å². The SMILES string of the molecule is Cc1ccc(C(=O)N(CC(=O)O)C2CCOCC2)cn1. The molecule has 2 heterocycles. The van der Waals surface area contributed by atoms with Crippen molar-refractivity contribution in [2.45, 2.75) is 25.8 Å². The zero-order chi connectivity index (χ0) is 14.5. The maximum absolute atomic E-state index is 12.5. The molecule has 6 nitrogen and oxygen atoms in total. The van der Waals surface area contributed by atoms with Gasteiger partial charge in [-0.1, -0.05) is 0 Å². The summed E-state index contributed by atoms with van der Waals surface area (Å²) in [5, 5.41) is 9.01. The first kappa shape index (κ1) is 14.5. The van der Waals surface area contributed by atoms with Crippen LogP contribution in [-0.4, -0.2) is 52.7 Å². The van der Waals surface area contributed by atoms with Gasteiger partial charge in [0.15, 0.2) is 0 Å². The monoisotopic (exact) mass is 278 g/mol. The van der Waals surface area contributed by atoms with E-state index >= 15 is 0 Å². The van der Waals surface area contributed by atoms with Gasteiger partial charge >= 0.3 is 5.97 Å². The molecule has 1 aromatic heterocycles. The van der Waals surface area contributed by atoms with Crippen LogP contribution in [0.15, 0.2) is 18.3 Å². The molecule has 1 amide bonds. The Hall–Kier alpha value is -1.95. The molecule has 1 saturated heterocycles. The number of nitrogens with zero attached hydrogens (tertiary/aromatic N) is 2. The van der Waals surface area contributed by atoms with Gasteiger partial charge in [0.05, 0.1) is 5.56 Å². The van der Waals surface area contributed by atoms with E-state index < -0.39 is 5.97 Å². The number of hydrogen-bond donors (Lipinski definition) is 1. The summed E-state index contributed by atoms with van der Waals surface area (Å²) in [7, 11) is 0. The average molecular weight is 278 g/mol. The fourth-order valence-electron chi connectivity index (χ4n) is 2.27. The zero-order valence-electron chi connectivity index (χ0n) is 11.4. The van der Waals surface area contributed by atoms with Crippen LogP contribution in [-0.2, 0) is 9.53 Å². The highest BCUT2D eigenvalue weighted by atomic mass is 16.5. The molecule has 1 N–H and O–H groups in total. The van der Waals surface area contributed by atoms with Gasteiger partial charge in [-0.15, -0.1) is 0 Å². The molecule has 0 radical (unpaired) electrons. The number of ether oxygens (including phenoxy) is 1. The van der Waals surface area contributed by atoms with Crippen molar-refractivity contribution in [2.24, 2.45) is 0 Å². The lowest BCUT2D eigenvalue weighted by Crippen LogP contribution is -2.46. The highest BCUT2D eigenvalue weighted by Crippen LogP contribution is 2.17. The molecule has 0 atom stereocenters. The topological polar surface area (TPSA) is 79.7 Å². The van der Waals surface area contributed by atoms with Crippen LogP contribution >= 0.6 is 0 Å². The molecule has 108 valence electrons. The van der Waals surface area contributed by atoms with Crippen LogP contribution in [0.2, 0.25) is 0 Å². The number of rotatable bonds is 4. The minimum atomic E-state index is -1.01. The summed E-state index contributed by atoms with van der Waals surface area (Å²) in [4.78, 5) is 29.0. The Morgan fingerprint density at radius 2 is 2.10 bits per heavy atom. The van der Waals surface area contributed by atoms with Crippen LogP contribution in [0.25, 0.3) is 0 Å². The maximum atomic E-state index is 12.5. The quantitative estimate of drug-likeness (QED) is 0.892. The Morgan fingerprint density at radius 3 is 2.65 bits per heavy atom. The highest BCUT2D eigenvalue weighted by molar-refractivity contribution is 5.95. The third-order valence-corrected chi connectivity index (χ3v) is 3.36. The predicted molar refractivity (Wildman–Crippen MR) is 71.5 cm³/mol. The summed E-state index contributed by atoms with van der Waals surface area (Å²) in [6.45, 7) is 2.65. The molecule has 20 heavy (non-hydrogen) atoms. The van der Waals surface area contributed by atoms with Crippen LogP contribution in [0.4, 0.5) is 0 Å². The van der Waals surface area contributed by atoms with Crippen molar-refractivity contribution in [3.63, 3.8) is 0 Å². The van der Waals surface area contributed by atoms with Crippen molar-refractivity contribution in [1.29, 1.82) is 0 Å². The second-order valence-electron chi connectivity index (χ2n) is 4.86. The standard InChI is InChI=1S/C14H18N2O4/c1-10-2-3-11(8-15-10)14(19)16(9-13(17)18)12-4-6-20-7-5-12/h2-3,8,12H,4-7,9H2,1H3,(H,17,18). The lowest BCUT2D eigenvalue weighted by molar-refractivity contribution is -0.138. The largest absolute Gasteiger partial charge is 0.480 e.